The quantitative estimate of drug-likeness (QED) is 0.732. The van der Waals surface area contributed by atoms with Gasteiger partial charge in [0.25, 0.3) is 15.9 Å². The van der Waals surface area contributed by atoms with Crippen molar-refractivity contribution in [2.24, 2.45) is 5.92 Å². The molecule has 2 saturated carbocycles. The highest BCUT2D eigenvalue weighted by atomic mass is 32.2. The van der Waals surface area contributed by atoms with Gasteiger partial charge in [-0.3, -0.25) is 9.52 Å². The number of fused-ring (bicyclic) bond motifs is 1. The van der Waals surface area contributed by atoms with Crippen LogP contribution in [-0.4, -0.2) is 45.0 Å². The van der Waals surface area contributed by atoms with Gasteiger partial charge in [-0.25, -0.2) is 8.42 Å². The molecule has 0 radical (unpaired) electrons. The molecule has 30 heavy (non-hydrogen) atoms. The standard InChI is InChI=1S/C22H24N2O5S/c25-22(24(18-7-8-18)14-15-1-2-15)16-3-5-17(6-4-16)23-30(26,27)19-9-10-20-21(13-19)29-12-11-28-20/h3-6,9-10,13,15,18,23H,1-2,7-8,11-12,14H2. The van der Waals surface area contributed by atoms with Crippen LogP contribution in [0.3, 0.4) is 0 Å². The first kappa shape index (κ1) is 19.2. The maximum atomic E-state index is 12.9. The summed E-state index contributed by atoms with van der Waals surface area (Å²) >= 11 is 0. The number of benzene rings is 2. The van der Waals surface area contributed by atoms with Crippen LogP contribution >= 0.6 is 0 Å². The fourth-order valence-electron chi connectivity index (χ4n) is 3.61. The van der Waals surface area contributed by atoms with Gasteiger partial charge in [0, 0.05) is 29.9 Å². The van der Waals surface area contributed by atoms with E-state index in [2.05, 4.69) is 4.72 Å². The Bertz CT molecular complexity index is 1060. The summed E-state index contributed by atoms with van der Waals surface area (Å²) in [5.41, 5.74) is 0.992. The van der Waals surface area contributed by atoms with Gasteiger partial charge >= 0.3 is 0 Å². The summed E-state index contributed by atoms with van der Waals surface area (Å²) in [6.45, 7) is 1.67. The Morgan fingerprint density at radius 1 is 0.967 bits per heavy atom. The van der Waals surface area contributed by atoms with Crippen molar-refractivity contribution in [3.8, 4) is 11.5 Å². The number of nitrogens with one attached hydrogen (secondary N) is 1. The second-order valence-electron chi connectivity index (χ2n) is 8.12. The molecule has 7 nitrogen and oxygen atoms in total. The van der Waals surface area contributed by atoms with E-state index in [1.807, 2.05) is 4.90 Å². The van der Waals surface area contributed by atoms with Gasteiger partial charge in [-0.15, -0.1) is 0 Å². The van der Waals surface area contributed by atoms with Gasteiger partial charge in [-0.1, -0.05) is 0 Å². The topological polar surface area (TPSA) is 84.9 Å². The lowest BCUT2D eigenvalue weighted by Crippen LogP contribution is -2.34. The number of ether oxygens (including phenoxy) is 2. The lowest BCUT2D eigenvalue weighted by atomic mass is 10.1. The third kappa shape index (κ3) is 4.09. The van der Waals surface area contributed by atoms with E-state index in [0.717, 1.165) is 19.4 Å². The molecule has 3 aliphatic rings. The Hall–Kier alpha value is -2.74. The molecule has 2 fully saturated rings. The van der Waals surface area contributed by atoms with Crippen LogP contribution in [0.2, 0.25) is 0 Å². The molecule has 0 spiro atoms. The van der Waals surface area contributed by atoms with E-state index >= 15 is 0 Å². The normalized spacial score (nSPS) is 18.0. The van der Waals surface area contributed by atoms with Crippen molar-refractivity contribution in [1.29, 1.82) is 0 Å². The first-order valence-corrected chi connectivity index (χ1v) is 11.8. The largest absolute Gasteiger partial charge is 0.486 e. The predicted molar refractivity (Wildman–Crippen MR) is 111 cm³/mol. The Morgan fingerprint density at radius 2 is 1.67 bits per heavy atom. The van der Waals surface area contributed by atoms with Crippen LogP contribution in [0.1, 0.15) is 36.0 Å². The lowest BCUT2D eigenvalue weighted by Gasteiger charge is -2.22. The Kier molecular flexibility index (Phi) is 4.81. The number of carbonyl (C=O) groups excluding carboxylic acids is 1. The average molecular weight is 429 g/mol. The minimum atomic E-state index is -3.79. The zero-order chi connectivity index (χ0) is 20.7. The third-order valence-electron chi connectivity index (χ3n) is 5.61. The van der Waals surface area contributed by atoms with Crippen molar-refractivity contribution in [2.75, 3.05) is 24.5 Å². The molecular weight excluding hydrogens is 404 g/mol. The number of carbonyl (C=O) groups is 1. The lowest BCUT2D eigenvalue weighted by molar-refractivity contribution is 0.0735. The van der Waals surface area contributed by atoms with Crippen LogP contribution in [0.4, 0.5) is 5.69 Å². The Morgan fingerprint density at radius 3 is 2.33 bits per heavy atom. The number of sulfonamides is 1. The molecule has 1 N–H and O–H groups in total. The summed E-state index contributed by atoms with van der Waals surface area (Å²) in [6, 6.07) is 11.5. The molecule has 0 saturated heterocycles. The minimum Gasteiger partial charge on any atom is -0.486 e. The summed E-state index contributed by atoms with van der Waals surface area (Å²) in [5.74, 6) is 1.63. The maximum Gasteiger partial charge on any atom is 0.262 e. The van der Waals surface area contributed by atoms with Crippen LogP contribution in [0.25, 0.3) is 0 Å². The van der Waals surface area contributed by atoms with E-state index in [4.69, 9.17) is 9.47 Å². The molecule has 0 atom stereocenters. The second kappa shape index (κ2) is 7.50. The molecule has 5 rings (SSSR count). The average Bonchev–Trinajstić information content (AvgIpc) is 3.66. The second-order valence-corrected chi connectivity index (χ2v) is 9.80. The van der Waals surface area contributed by atoms with Crippen LogP contribution < -0.4 is 14.2 Å². The van der Waals surface area contributed by atoms with Crippen LogP contribution in [0.5, 0.6) is 11.5 Å². The van der Waals surface area contributed by atoms with E-state index in [-0.39, 0.29) is 10.8 Å². The molecule has 2 aromatic rings. The van der Waals surface area contributed by atoms with Gasteiger partial charge in [0.05, 0.1) is 4.90 Å². The number of hydrogen-bond acceptors (Lipinski definition) is 5. The molecule has 0 aromatic heterocycles. The number of amides is 1. The Balaban J connectivity index is 1.30. The molecule has 1 aliphatic heterocycles. The molecule has 158 valence electrons. The first-order valence-electron chi connectivity index (χ1n) is 10.3. The van der Waals surface area contributed by atoms with E-state index in [9.17, 15) is 13.2 Å². The summed E-state index contributed by atoms with van der Waals surface area (Å²) in [4.78, 5) is 15.0. The summed E-state index contributed by atoms with van der Waals surface area (Å²) in [6.07, 6.45) is 4.56. The molecule has 0 unspecified atom stereocenters. The van der Waals surface area contributed by atoms with Crippen molar-refractivity contribution in [3.05, 3.63) is 48.0 Å². The number of nitrogens with zero attached hydrogens (tertiary/aromatic N) is 1. The summed E-state index contributed by atoms with van der Waals surface area (Å²) < 4.78 is 39.0. The molecule has 0 bridgehead atoms. The smallest absolute Gasteiger partial charge is 0.262 e. The molecule has 2 aliphatic carbocycles. The van der Waals surface area contributed by atoms with Gasteiger partial charge in [-0.05, 0) is 68.0 Å². The summed E-state index contributed by atoms with van der Waals surface area (Å²) in [7, 11) is -3.79. The van der Waals surface area contributed by atoms with Gasteiger partial charge in [0.15, 0.2) is 11.5 Å². The highest BCUT2D eigenvalue weighted by Gasteiger charge is 2.36. The van der Waals surface area contributed by atoms with E-state index in [1.54, 1.807) is 30.3 Å². The van der Waals surface area contributed by atoms with Gasteiger partial charge < -0.3 is 14.4 Å². The SMILES string of the molecule is O=C(c1ccc(NS(=O)(=O)c2ccc3c(c2)OCCO3)cc1)N(CC1CC1)C1CC1. The van der Waals surface area contributed by atoms with Crippen LogP contribution in [0, 0.1) is 5.92 Å². The fraction of sp³-hybridized carbons (Fsp3) is 0.409. The van der Waals surface area contributed by atoms with Gasteiger partial charge in [0.1, 0.15) is 13.2 Å². The number of anilines is 1. The zero-order valence-corrected chi connectivity index (χ0v) is 17.4. The number of rotatable bonds is 7. The van der Waals surface area contributed by atoms with Gasteiger partial charge in [0.2, 0.25) is 0 Å². The molecule has 1 heterocycles. The van der Waals surface area contributed by atoms with Crippen LogP contribution in [-0.2, 0) is 10.0 Å². The van der Waals surface area contributed by atoms with Crippen LogP contribution in [0.15, 0.2) is 47.4 Å². The third-order valence-corrected chi connectivity index (χ3v) is 6.99. The molecule has 8 heteroatoms. The minimum absolute atomic E-state index is 0.0330. The molecule has 1 amide bonds. The van der Waals surface area contributed by atoms with Crippen molar-refractivity contribution in [1.82, 2.24) is 4.90 Å². The van der Waals surface area contributed by atoms with E-state index in [1.165, 1.54) is 25.0 Å². The van der Waals surface area contributed by atoms with E-state index < -0.39 is 10.0 Å². The van der Waals surface area contributed by atoms with E-state index in [0.29, 0.717) is 47.9 Å². The van der Waals surface area contributed by atoms with Crippen molar-refractivity contribution in [2.45, 2.75) is 36.6 Å². The highest BCUT2D eigenvalue weighted by molar-refractivity contribution is 7.92. The predicted octanol–water partition coefficient (Wildman–Crippen LogP) is 3.27. The summed E-state index contributed by atoms with van der Waals surface area (Å²) in [5, 5.41) is 0. The Labute approximate surface area is 176 Å². The molecular formula is C22H24N2O5S. The van der Waals surface area contributed by atoms with Gasteiger partial charge in [-0.2, -0.15) is 0 Å². The molecule has 2 aromatic carbocycles. The monoisotopic (exact) mass is 428 g/mol. The number of hydrogen-bond donors (Lipinski definition) is 1. The van der Waals surface area contributed by atoms with Crippen molar-refractivity contribution >= 4 is 21.6 Å². The van der Waals surface area contributed by atoms with Crippen molar-refractivity contribution in [3.63, 3.8) is 0 Å². The maximum absolute atomic E-state index is 12.9. The highest BCUT2D eigenvalue weighted by Crippen LogP contribution is 2.36. The first-order chi connectivity index (χ1) is 14.5. The van der Waals surface area contributed by atoms with Crippen molar-refractivity contribution < 1.29 is 22.7 Å². The zero-order valence-electron chi connectivity index (χ0n) is 16.5. The fourth-order valence-corrected chi connectivity index (χ4v) is 4.69.